The van der Waals surface area contributed by atoms with E-state index in [2.05, 4.69) is 29.1 Å². The molecular weight excluding hydrogens is 269 g/mol. The summed E-state index contributed by atoms with van der Waals surface area (Å²) < 4.78 is 38.5. The molecule has 1 aliphatic rings. The van der Waals surface area contributed by atoms with Crippen LogP contribution in [0.4, 0.5) is 24.8 Å². The summed E-state index contributed by atoms with van der Waals surface area (Å²) in [6, 6.07) is 1.57. The van der Waals surface area contributed by atoms with Gasteiger partial charge in [0.25, 0.3) is 0 Å². The molecule has 2 atom stereocenters. The highest BCUT2D eigenvalue weighted by Gasteiger charge is 2.36. The van der Waals surface area contributed by atoms with Crippen molar-refractivity contribution >= 4 is 11.6 Å². The normalized spacial score (nSPS) is 23.8. The van der Waals surface area contributed by atoms with Crippen molar-refractivity contribution in [2.45, 2.75) is 26.4 Å². The number of nitrogens with one attached hydrogen (secondary N) is 1. The van der Waals surface area contributed by atoms with Gasteiger partial charge >= 0.3 is 6.18 Å². The van der Waals surface area contributed by atoms with Crippen LogP contribution >= 0.6 is 0 Å². The number of anilines is 2. The molecule has 1 saturated heterocycles. The van der Waals surface area contributed by atoms with Crippen LogP contribution in [0, 0.1) is 11.8 Å². The third-order valence-corrected chi connectivity index (χ3v) is 3.88. The fourth-order valence-electron chi connectivity index (χ4n) is 2.32. The molecule has 1 fully saturated rings. The molecule has 4 nitrogen and oxygen atoms in total. The molecule has 0 aliphatic carbocycles. The molecule has 0 radical (unpaired) electrons. The van der Waals surface area contributed by atoms with Crippen molar-refractivity contribution in [1.29, 1.82) is 0 Å². The molecule has 2 heterocycles. The molecule has 0 bridgehead atoms. The highest BCUT2D eigenvalue weighted by Crippen LogP contribution is 2.31. The number of halogens is 3. The zero-order valence-corrected chi connectivity index (χ0v) is 11.8. The van der Waals surface area contributed by atoms with Crippen LogP contribution in [0.25, 0.3) is 0 Å². The van der Waals surface area contributed by atoms with Crippen molar-refractivity contribution < 1.29 is 13.2 Å². The molecule has 0 aromatic carbocycles. The second-order valence-corrected chi connectivity index (χ2v) is 5.37. The molecular formula is C13H19F3N4. The Morgan fingerprint density at radius 2 is 1.95 bits per heavy atom. The Bertz CT molecular complexity index is 475. The Hall–Kier alpha value is -1.53. The van der Waals surface area contributed by atoms with E-state index in [-0.39, 0.29) is 5.82 Å². The average molecular weight is 288 g/mol. The lowest BCUT2D eigenvalue weighted by atomic mass is 9.89. The van der Waals surface area contributed by atoms with Crippen molar-refractivity contribution in [2.24, 2.45) is 11.8 Å². The Morgan fingerprint density at radius 3 is 2.50 bits per heavy atom. The highest BCUT2D eigenvalue weighted by atomic mass is 19.4. The summed E-state index contributed by atoms with van der Waals surface area (Å²) in [5.41, 5.74) is 0. The van der Waals surface area contributed by atoms with Gasteiger partial charge in [-0.2, -0.15) is 13.2 Å². The molecule has 7 heteroatoms. The van der Waals surface area contributed by atoms with Crippen LogP contribution in [0.3, 0.4) is 0 Å². The highest BCUT2D eigenvalue weighted by molar-refractivity contribution is 5.49. The van der Waals surface area contributed by atoms with Crippen molar-refractivity contribution in [3.8, 4) is 0 Å². The van der Waals surface area contributed by atoms with Gasteiger partial charge in [0.05, 0.1) is 0 Å². The maximum absolute atomic E-state index is 12.8. The fraction of sp³-hybridized carbons (Fsp3) is 0.692. The van der Waals surface area contributed by atoms with E-state index in [0.717, 1.165) is 19.5 Å². The number of hydrogen-bond donors (Lipinski definition) is 1. The molecule has 0 saturated carbocycles. The van der Waals surface area contributed by atoms with E-state index in [4.69, 9.17) is 0 Å². The number of piperidine rings is 1. The lowest BCUT2D eigenvalue weighted by Crippen LogP contribution is -2.39. The number of alkyl halides is 3. The van der Waals surface area contributed by atoms with Crippen LogP contribution in [-0.2, 0) is 6.18 Å². The summed E-state index contributed by atoms with van der Waals surface area (Å²) in [7, 11) is 1.55. The Balaban J connectivity index is 2.31. The summed E-state index contributed by atoms with van der Waals surface area (Å²) in [5.74, 6) is 0.458. The monoisotopic (exact) mass is 288 g/mol. The van der Waals surface area contributed by atoms with Gasteiger partial charge in [-0.25, -0.2) is 9.97 Å². The van der Waals surface area contributed by atoms with Gasteiger partial charge in [0.2, 0.25) is 5.82 Å². The van der Waals surface area contributed by atoms with Gasteiger partial charge < -0.3 is 10.2 Å². The van der Waals surface area contributed by atoms with E-state index in [1.54, 1.807) is 13.1 Å². The van der Waals surface area contributed by atoms with Crippen LogP contribution in [0.15, 0.2) is 6.07 Å². The Labute approximate surface area is 116 Å². The molecule has 112 valence electrons. The second kappa shape index (κ2) is 5.46. The van der Waals surface area contributed by atoms with Gasteiger partial charge in [0.1, 0.15) is 11.6 Å². The van der Waals surface area contributed by atoms with Gasteiger partial charge in [-0.1, -0.05) is 13.8 Å². The first kappa shape index (κ1) is 14.9. The predicted octanol–water partition coefficient (Wildman–Crippen LogP) is 3.02. The van der Waals surface area contributed by atoms with Gasteiger partial charge in [-0.3, -0.25) is 0 Å². The molecule has 1 aromatic rings. The van der Waals surface area contributed by atoms with Crippen molar-refractivity contribution in [3.05, 3.63) is 11.9 Å². The van der Waals surface area contributed by atoms with Gasteiger partial charge in [0.15, 0.2) is 0 Å². The molecule has 0 amide bonds. The molecule has 2 unspecified atom stereocenters. The molecule has 2 rings (SSSR count). The predicted molar refractivity (Wildman–Crippen MR) is 71.7 cm³/mol. The van der Waals surface area contributed by atoms with Crippen LogP contribution in [0.2, 0.25) is 0 Å². The van der Waals surface area contributed by atoms with Crippen LogP contribution in [-0.4, -0.2) is 30.1 Å². The van der Waals surface area contributed by atoms with E-state index in [0.29, 0.717) is 17.7 Å². The summed E-state index contributed by atoms with van der Waals surface area (Å²) in [6.07, 6.45) is -3.57. The Kier molecular flexibility index (Phi) is 4.06. The zero-order chi connectivity index (χ0) is 14.9. The zero-order valence-electron chi connectivity index (χ0n) is 11.8. The van der Waals surface area contributed by atoms with Gasteiger partial charge in [-0.15, -0.1) is 0 Å². The van der Waals surface area contributed by atoms with Crippen LogP contribution in [0.1, 0.15) is 26.1 Å². The standard InChI is InChI=1S/C13H19F3N4/c1-8-4-5-20(7-9(8)2)11-6-10(17-3)18-12(19-11)13(14,15)16/h6,8-9H,4-5,7H2,1-3H3,(H,17,18,19). The largest absolute Gasteiger partial charge is 0.451 e. The Morgan fingerprint density at radius 1 is 1.25 bits per heavy atom. The quantitative estimate of drug-likeness (QED) is 0.908. The topological polar surface area (TPSA) is 41.0 Å². The lowest BCUT2D eigenvalue weighted by molar-refractivity contribution is -0.144. The maximum Gasteiger partial charge on any atom is 0.451 e. The van der Waals surface area contributed by atoms with Crippen LogP contribution < -0.4 is 10.2 Å². The van der Waals surface area contributed by atoms with Crippen LogP contribution in [0.5, 0.6) is 0 Å². The first-order valence-electron chi connectivity index (χ1n) is 6.70. The minimum absolute atomic E-state index is 0.189. The number of hydrogen-bond acceptors (Lipinski definition) is 4. The summed E-state index contributed by atoms with van der Waals surface area (Å²) in [5, 5.41) is 2.66. The fourth-order valence-corrected chi connectivity index (χ4v) is 2.32. The lowest BCUT2D eigenvalue weighted by Gasteiger charge is -2.36. The van der Waals surface area contributed by atoms with Gasteiger partial charge in [0, 0.05) is 26.2 Å². The summed E-state index contributed by atoms with van der Waals surface area (Å²) in [6.45, 7) is 5.73. The van der Waals surface area contributed by atoms with Crippen molar-refractivity contribution in [1.82, 2.24) is 9.97 Å². The minimum Gasteiger partial charge on any atom is -0.373 e. The number of rotatable bonds is 2. The first-order valence-corrected chi connectivity index (χ1v) is 6.70. The van der Waals surface area contributed by atoms with E-state index < -0.39 is 12.0 Å². The summed E-state index contributed by atoms with van der Waals surface area (Å²) >= 11 is 0. The molecule has 1 aliphatic heterocycles. The third-order valence-electron chi connectivity index (χ3n) is 3.88. The smallest absolute Gasteiger partial charge is 0.373 e. The van der Waals surface area contributed by atoms with Crippen molar-refractivity contribution in [3.63, 3.8) is 0 Å². The van der Waals surface area contributed by atoms with Gasteiger partial charge in [-0.05, 0) is 18.3 Å². The summed E-state index contributed by atoms with van der Waals surface area (Å²) in [4.78, 5) is 9.07. The first-order chi connectivity index (χ1) is 9.31. The van der Waals surface area contributed by atoms with Crippen molar-refractivity contribution in [2.75, 3.05) is 30.4 Å². The molecule has 1 N–H and O–H groups in total. The maximum atomic E-state index is 12.8. The van der Waals surface area contributed by atoms with E-state index in [1.165, 1.54) is 0 Å². The third kappa shape index (κ3) is 3.13. The van der Waals surface area contributed by atoms with E-state index >= 15 is 0 Å². The van der Waals surface area contributed by atoms with E-state index in [1.807, 2.05) is 4.90 Å². The molecule has 20 heavy (non-hydrogen) atoms. The number of aromatic nitrogens is 2. The van der Waals surface area contributed by atoms with E-state index in [9.17, 15) is 13.2 Å². The number of nitrogens with zero attached hydrogens (tertiary/aromatic N) is 3. The molecule has 1 aromatic heterocycles. The molecule has 0 spiro atoms. The SMILES string of the molecule is CNc1cc(N2CCC(C)C(C)C2)nc(C(F)(F)F)n1. The second-order valence-electron chi connectivity index (χ2n) is 5.37. The average Bonchev–Trinajstić information content (AvgIpc) is 2.40. The minimum atomic E-state index is -4.53.